The molecule has 1 N–H and O–H groups in total. The maximum atomic E-state index is 11.7. The molecule has 0 fully saturated rings. The molecule has 3 rings (SSSR count). The van der Waals surface area contributed by atoms with Crippen molar-refractivity contribution in [1.82, 2.24) is 5.32 Å². The second-order valence-electron chi connectivity index (χ2n) is 5.27. The van der Waals surface area contributed by atoms with Gasteiger partial charge in [-0.15, -0.1) is 0 Å². The molecule has 0 atom stereocenters. The van der Waals surface area contributed by atoms with Gasteiger partial charge in [-0.05, 0) is 47.2 Å². The first-order valence-electron chi connectivity index (χ1n) is 7.35. The summed E-state index contributed by atoms with van der Waals surface area (Å²) >= 11 is 3.42. The topological polar surface area (TPSA) is 81.5 Å². The average molecular weight is 401 g/mol. The molecule has 126 valence electrons. The predicted octanol–water partition coefficient (Wildman–Crippen LogP) is 4.66. The van der Waals surface area contributed by atoms with E-state index in [0.717, 1.165) is 15.2 Å². The molecule has 0 aliphatic heterocycles. The number of ether oxygens (including phenoxy) is 1. The molecule has 7 heteroatoms. The zero-order valence-electron chi connectivity index (χ0n) is 13.2. The molecule has 0 unspecified atom stereocenters. The smallest absolute Gasteiger partial charge is 0.312 e. The van der Waals surface area contributed by atoms with Crippen molar-refractivity contribution in [2.24, 2.45) is 0 Å². The third kappa shape index (κ3) is 3.61. The summed E-state index contributed by atoms with van der Waals surface area (Å²) in [7, 11) is 1.46. The minimum absolute atomic E-state index is 0.0779. The van der Waals surface area contributed by atoms with Gasteiger partial charge < -0.3 is 10.1 Å². The van der Waals surface area contributed by atoms with Gasteiger partial charge in [-0.1, -0.05) is 28.1 Å². The maximum absolute atomic E-state index is 11.7. The van der Waals surface area contributed by atoms with E-state index in [9.17, 15) is 14.9 Å². The van der Waals surface area contributed by atoms with Crippen molar-refractivity contribution in [2.45, 2.75) is 0 Å². The molecule has 25 heavy (non-hydrogen) atoms. The van der Waals surface area contributed by atoms with Gasteiger partial charge in [0.05, 0.1) is 4.92 Å². The van der Waals surface area contributed by atoms with E-state index in [2.05, 4.69) is 21.2 Å². The Balaban J connectivity index is 1.98. The molecular formula is C18H13BrN2O4. The second kappa shape index (κ2) is 6.90. The van der Waals surface area contributed by atoms with Crippen molar-refractivity contribution in [3.63, 3.8) is 0 Å². The highest BCUT2D eigenvalue weighted by molar-refractivity contribution is 9.10. The Hall–Kier alpha value is -2.93. The number of hydrogen-bond acceptors (Lipinski definition) is 4. The van der Waals surface area contributed by atoms with Gasteiger partial charge in [0.15, 0.2) is 0 Å². The van der Waals surface area contributed by atoms with Gasteiger partial charge in [-0.2, -0.15) is 0 Å². The summed E-state index contributed by atoms with van der Waals surface area (Å²) < 4.78 is 6.66. The second-order valence-corrected chi connectivity index (χ2v) is 6.19. The van der Waals surface area contributed by atoms with E-state index in [4.69, 9.17) is 4.74 Å². The molecule has 0 aliphatic carbocycles. The summed E-state index contributed by atoms with van der Waals surface area (Å²) in [5.74, 6) is 0.158. The Labute approximate surface area is 151 Å². The third-order valence-corrected chi connectivity index (χ3v) is 4.14. The Morgan fingerprint density at radius 1 is 1.08 bits per heavy atom. The number of carbonyl (C=O) groups is 1. The number of nitrogens with zero attached hydrogens (tertiary/aromatic N) is 1. The lowest BCUT2D eigenvalue weighted by Crippen LogP contribution is -2.17. The van der Waals surface area contributed by atoms with Crippen LogP contribution in [0.25, 0.3) is 10.8 Å². The van der Waals surface area contributed by atoms with Crippen molar-refractivity contribution in [2.75, 3.05) is 7.05 Å². The summed E-state index contributed by atoms with van der Waals surface area (Å²) in [5, 5.41) is 15.7. The predicted molar refractivity (Wildman–Crippen MR) is 98.2 cm³/mol. The van der Waals surface area contributed by atoms with Crippen molar-refractivity contribution < 1.29 is 14.5 Å². The first kappa shape index (κ1) is 16.9. The van der Waals surface area contributed by atoms with Gasteiger partial charge in [-0.3, -0.25) is 14.9 Å². The molecule has 0 aliphatic rings. The van der Waals surface area contributed by atoms with E-state index in [1.807, 2.05) is 24.3 Å². The number of fused-ring (bicyclic) bond motifs is 1. The molecule has 0 bridgehead atoms. The van der Waals surface area contributed by atoms with Gasteiger partial charge in [-0.25, -0.2) is 0 Å². The Morgan fingerprint density at radius 3 is 2.52 bits per heavy atom. The van der Waals surface area contributed by atoms with Crippen LogP contribution < -0.4 is 10.1 Å². The molecule has 3 aromatic rings. The molecular weight excluding hydrogens is 388 g/mol. The van der Waals surface area contributed by atoms with E-state index < -0.39 is 10.8 Å². The van der Waals surface area contributed by atoms with Crippen LogP contribution in [-0.4, -0.2) is 17.9 Å². The summed E-state index contributed by atoms with van der Waals surface area (Å²) in [4.78, 5) is 22.4. The van der Waals surface area contributed by atoms with E-state index >= 15 is 0 Å². The number of rotatable bonds is 4. The van der Waals surface area contributed by atoms with Crippen LogP contribution in [-0.2, 0) is 0 Å². The number of hydrogen-bond donors (Lipinski definition) is 1. The molecule has 0 saturated carbocycles. The summed E-state index contributed by atoms with van der Waals surface area (Å²) in [5.41, 5.74) is -0.0677. The van der Waals surface area contributed by atoms with Crippen molar-refractivity contribution in [3.05, 3.63) is 74.7 Å². The lowest BCUT2D eigenvalue weighted by atomic mass is 10.1. The van der Waals surface area contributed by atoms with Crippen molar-refractivity contribution in [1.29, 1.82) is 0 Å². The lowest BCUT2D eigenvalue weighted by molar-refractivity contribution is -0.385. The SMILES string of the molecule is CNC(=O)c1ccc(Oc2ccc3cc(Br)ccc3c2)c([N+](=O)[O-])c1. The Kier molecular flexibility index (Phi) is 4.67. The lowest BCUT2D eigenvalue weighted by Gasteiger charge is -2.09. The normalized spacial score (nSPS) is 10.5. The number of halogens is 1. The fourth-order valence-corrected chi connectivity index (χ4v) is 2.80. The molecule has 0 saturated heterocycles. The molecule has 3 aromatic carbocycles. The zero-order valence-corrected chi connectivity index (χ0v) is 14.7. The zero-order chi connectivity index (χ0) is 18.0. The van der Waals surface area contributed by atoms with Crippen LogP contribution in [0.1, 0.15) is 10.4 Å². The van der Waals surface area contributed by atoms with E-state index in [0.29, 0.717) is 5.75 Å². The van der Waals surface area contributed by atoms with Crippen LogP contribution in [0.5, 0.6) is 11.5 Å². The van der Waals surface area contributed by atoms with Crippen LogP contribution in [0.4, 0.5) is 5.69 Å². The first-order valence-corrected chi connectivity index (χ1v) is 8.15. The molecule has 1 amide bonds. The van der Waals surface area contributed by atoms with Gasteiger partial charge in [0.25, 0.3) is 5.91 Å². The average Bonchev–Trinajstić information content (AvgIpc) is 2.61. The molecule has 0 radical (unpaired) electrons. The minimum atomic E-state index is -0.570. The molecule has 6 nitrogen and oxygen atoms in total. The Morgan fingerprint density at radius 2 is 1.80 bits per heavy atom. The van der Waals surface area contributed by atoms with Crippen LogP contribution in [0.15, 0.2) is 59.1 Å². The van der Waals surface area contributed by atoms with Crippen LogP contribution >= 0.6 is 15.9 Å². The standard InChI is InChI=1S/C18H13BrN2O4/c1-20-18(22)13-4-7-17(16(10-13)21(23)24)25-15-6-3-11-8-14(19)5-2-12(11)9-15/h2-10H,1H3,(H,20,22). The monoisotopic (exact) mass is 400 g/mol. The van der Waals surface area contributed by atoms with Gasteiger partial charge in [0.1, 0.15) is 5.75 Å². The first-order chi connectivity index (χ1) is 12.0. The third-order valence-electron chi connectivity index (χ3n) is 3.65. The number of benzene rings is 3. The van der Waals surface area contributed by atoms with Crippen LogP contribution in [0, 0.1) is 10.1 Å². The molecule has 0 aromatic heterocycles. The van der Waals surface area contributed by atoms with Crippen molar-refractivity contribution in [3.8, 4) is 11.5 Å². The summed E-state index contributed by atoms with van der Waals surface area (Å²) in [6.07, 6.45) is 0. The number of nitrogens with one attached hydrogen (secondary N) is 1. The van der Waals surface area contributed by atoms with E-state index in [1.165, 1.54) is 25.2 Å². The molecule has 0 heterocycles. The number of nitro benzene ring substituents is 1. The minimum Gasteiger partial charge on any atom is -0.450 e. The van der Waals surface area contributed by atoms with Gasteiger partial charge in [0.2, 0.25) is 5.75 Å². The highest BCUT2D eigenvalue weighted by Gasteiger charge is 2.19. The van der Waals surface area contributed by atoms with E-state index in [-0.39, 0.29) is 17.0 Å². The maximum Gasteiger partial charge on any atom is 0.312 e. The highest BCUT2D eigenvalue weighted by Crippen LogP contribution is 2.33. The molecule has 0 spiro atoms. The Bertz CT molecular complexity index is 988. The van der Waals surface area contributed by atoms with Crippen LogP contribution in [0.2, 0.25) is 0 Å². The van der Waals surface area contributed by atoms with Gasteiger partial charge >= 0.3 is 5.69 Å². The quantitative estimate of drug-likeness (QED) is 0.509. The van der Waals surface area contributed by atoms with Gasteiger partial charge in [0, 0.05) is 23.2 Å². The summed E-state index contributed by atoms with van der Waals surface area (Å²) in [6, 6.07) is 15.3. The van der Waals surface area contributed by atoms with Crippen molar-refractivity contribution >= 4 is 38.3 Å². The highest BCUT2D eigenvalue weighted by atomic mass is 79.9. The fourth-order valence-electron chi connectivity index (χ4n) is 2.42. The summed E-state index contributed by atoms with van der Waals surface area (Å²) in [6.45, 7) is 0. The number of nitro groups is 1. The largest absolute Gasteiger partial charge is 0.450 e. The van der Waals surface area contributed by atoms with Crippen LogP contribution in [0.3, 0.4) is 0 Å². The fraction of sp³-hybridized carbons (Fsp3) is 0.0556. The number of carbonyl (C=O) groups excluding carboxylic acids is 1. The van der Waals surface area contributed by atoms with E-state index in [1.54, 1.807) is 12.1 Å². The number of amides is 1.